The van der Waals surface area contributed by atoms with E-state index in [0.29, 0.717) is 0 Å². The van der Waals surface area contributed by atoms with Crippen LogP contribution in [0.25, 0.3) is 5.70 Å². The highest BCUT2D eigenvalue weighted by atomic mass is 15.5. The van der Waals surface area contributed by atoms with Crippen molar-refractivity contribution in [3.05, 3.63) is 107 Å². The molecule has 1 aliphatic heterocycles. The molecule has 0 aromatic heterocycles. The molecule has 35 heavy (non-hydrogen) atoms. The van der Waals surface area contributed by atoms with Crippen molar-refractivity contribution in [1.29, 1.82) is 0 Å². The Kier molecular flexibility index (Phi) is 6.38. The van der Waals surface area contributed by atoms with Gasteiger partial charge in [0.1, 0.15) is 0 Å². The Labute approximate surface area is 213 Å². The van der Waals surface area contributed by atoms with Crippen LogP contribution in [-0.2, 0) is 16.2 Å². The number of hydrogen-bond donors (Lipinski definition) is 1. The molecule has 2 heteroatoms. The minimum absolute atomic E-state index is 0.0798. The van der Waals surface area contributed by atoms with Crippen molar-refractivity contribution >= 4 is 11.4 Å². The summed E-state index contributed by atoms with van der Waals surface area (Å²) in [5.41, 5.74) is 13.0. The van der Waals surface area contributed by atoms with E-state index < -0.39 is 0 Å². The fraction of sp³-hybridized carbons (Fsp3) is 0.394. The summed E-state index contributed by atoms with van der Waals surface area (Å²) in [5, 5.41) is 2.30. The van der Waals surface area contributed by atoms with Crippen molar-refractivity contribution < 1.29 is 0 Å². The van der Waals surface area contributed by atoms with Crippen LogP contribution >= 0.6 is 0 Å². The zero-order valence-electron chi connectivity index (χ0n) is 23.0. The van der Waals surface area contributed by atoms with E-state index >= 15 is 0 Å². The average molecular weight is 467 g/mol. The van der Waals surface area contributed by atoms with Crippen LogP contribution in [-0.4, -0.2) is 0 Å². The Hall–Kier alpha value is -3.00. The molecule has 0 amide bonds. The van der Waals surface area contributed by atoms with Gasteiger partial charge in [0, 0.05) is 0 Å². The van der Waals surface area contributed by atoms with E-state index in [2.05, 4.69) is 152 Å². The smallest absolute Gasteiger partial charge is 0.0958 e. The highest BCUT2D eigenvalue weighted by molar-refractivity contribution is 5.73. The van der Waals surface area contributed by atoms with E-state index in [0.717, 1.165) is 5.70 Å². The number of hydrazine groups is 1. The van der Waals surface area contributed by atoms with Crippen molar-refractivity contribution in [2.24, 2.45) is 0 Å². The standard InChI is InChI=1S/C33H42N2/c1-31(2,3)25-15-17-28(18-16-25)35-30(23-13-11-10-12-14-23)22-29(34-35)24-19-26(32(4,5)6)21-27(20-24)33(7,8)9/h10-22,30,34H,1-9H3. The highest BCUT2D eigenvalue weighted by Gasteiger charge is 2.29. The molecule has 0 aliphatic carbocycles. The summed E-state index contributed by atoms with van der Waals surface area (Å²) in [7, 11) is 0. The minimum Gasteiger partial charge on any atom is -0.297 e. The third-order valence-corrected chi connectivity index (χ3v) is 6.97. The van der Waals surface area contributed by atoms with E-state index in [1.807, 2.05) is 0 Å². The van der Waals surface area contributed by atoms with Crippen LogP contribution in [0.1, 0.15) is 96.2 Å². The first-order chi connectivity index (χ1) is 16.2. The molecule has 184 valence electrons. The quantitative estimate of drug-likeness (QED) is 0.415. The number of nitrogens with zero attached hydrogens (tertiary/aromatic N) is 1. The van der Waals surface area contributed by atoms with Crippen molar-refractivity contribution in [1.82, 2.24) is 5.43 Å². The lowest BCUT2D eigenvalue weighted by Crippen LogP contribution is -2.34. The van der Waals surface area contributed by atoms with Gasteiger partial charge in [-0.3, -0.25) is 10.4 Å². The lowest BCUT2D eigenvalue weighted by Gasteiger charge is -2.29. The number of benzene rings is 3. The maximum Gasteiger partial charge on any atom is 0.0958 e. The van der Waals surface area contributed by atoms with E-state index in [-0.39, 0.29) is 22.3 Å². The summed E-state index contributed by atoms with van der Waals surface area (Å²) in [6.07, 6.45) is 2.38. The monoisotopic (exact) mass is 466 g/mol. The lowest BCUT2D eigenvalue weighted by atomic mass is 9.79. The summed E-state index contributed by atoms with van der Waals surface area (Å²) in [6.45, 7) is 20.6. The van der Waals surface area contributed by atoms with Crippen molar-refractivity contribution in [2.45, 2.75) is 84.6 Å². The fourth-order valence-corrected chi connectivity index (χ4v) is 4.52. The van der Waals surface area contributed by atoms with Gasteiger partial charge in [0.05, 0.1) is 17.4 Å². The SMILES string of the molecule is CC(C)(C)c1ccc(N2NC(c3cc(C(C)(C)C)cc(C(C)(C)C)c3)=CC2c2ccccc2)cc1. The number of anilines is 1. The Morgan fingerprint density at radius 1 is 0.600 bits per heavy atom. The zero-order chi connectivity index (χ0) is 25.6. The molecule has 0 saturated carbocycles. The molecule has 0 spiro atoms. The van der Waals surface area contributed by atoms with Crippen molar-refractivity contribution in [2.75, 3.05) is 5.01 Å². The minimum atomic E-state index is 0.0798. The molecule has 0 fully saturated rings. The second-order valence-electron chi connectivity index (χ2n) is 13.0. The first kappa shape index (κ1) is 25.1. The van der Waals surface area contributed by atoms with Gasteiger partial charge in [0.15, 0.2) is 0 Å². The normalized spacial score (nSPS) is 16.8. The van der Waals surface area contributed by atoms with Gasteiger partial charge >= 0.3 is 0 Å². The molecule has 3 aromatic carbocycles. The summed E-state index contributed by atoms with van der Waals surface area (Å²) < 4.78 is 0. The molecular weight excluding hydrogens is 424 g/mol. The Morgan fingerprint density at radius 2 is 1.11 bits per heavy atom. The molecule has 1 heterocycles. The Balaban J connectivity index is 1.80. The largest absolute Gasteiger partial charge is 0.297 e. The van der Waals surface area contributed by atoms with Gasteiger partial charge in [-0.05, 0) is 74.4 Å². The van der Waals surface area contributed by atoms with E-state index in [1.54, 1.807) is 0 Å². The van der Waals surface area contributed by atoms with Crippen LogP contribution in [0.4, 0.5) is 5.69 Å². The Bertz CT molecular complexity index is 1160. The van der Waals surface area contributed by atoms with Crippen molar-refractivity contribution in [3.63, 3.8) is 0 Å². The van der Waals surface area contributed by atoms with Gasteiger partial charge in [-0.25, -0.2) is 0 Å². The van der Waals surface area contributed by atoms with Crippen LogP contribution < -0.4 is 10.4 Å². The molecule has 0 bridgehead atoms. The molecule has 1 aliphatic rings. The molecular formula is C33H42N2. The third kappa shape index (κ3) is 5.48. The lowest BCUT2D eigenvalue weighted by molar-refractivity contribution is 0.568. The summed E-state index contributed by atoms with van der Waals surface area (Å²) >= 11 is 0. The number of hydrogen-bond acceptors (Lipinski definition) is 2. The van der Waals surface area contributed by atoms with E-state index in [4.69, 9.17) is 0 Å². The summed E-state index contributed by atoms with van der Waals surface area (Å²) in [4.78, 5) is 0. The average Bonchev–Trinajstić information content (AvgIpc) is 3.23. The predicted octanol–water partition coefficient (Wildman–Crippen LogP) is 8.69. The van der Waals surface area contributed by atoms with Crippen LogP contribution in [0, 0.1) is 0 Å². The van der Waals surface area contributed by atoms with Gasteiger partial charge in [-0.15, -0.1) is 0 Å². The number of nitrogens with one attached hydrogen (secondary N) is 1. The molecule has 0 saturated heterocycles. The molecule has 2 nitrogen and oxygen atoms in total. The van der Waals surface area contributed by atoms with Gasteiger partial charge in [0.2, 0.25) is 0 Å². The van der Waals surface area contributed by atoms with Crippen molar-refractivity contribution in [3.8, 4) is 0 Å². The molecule has 1 atom stereocenters. The first-order valence-electron chi connectivity index (χ1n) is 12.8. The number of rotatable bonds is 3. The predicted molar refractivity (Wildman–Crippen MR) is 152 cm³/mol. The maximum atomic E-state index is 3.78. The molecule has 4 rings (SSSR count). The Morgan fingerprint density at radius 3 is 1.60 bits per heavy atom. The van der Waals surface area contributed by atoms with E-state index in [9.17, 15) is 0 Å². The molecule has 1 N–H and O–H groups in total. The third-order valence-electron chi connectivity index (χ3n) is 6.97. The summed E-state index contributed by atoms with van der Waals surface area (Å²) in [5.74, 6) is 0. The molecule has 3 aromatic rings. The van der Waals surface area contributed by atoms with Crippen LogP contribution in [0.2, 0.25) is 0 Å². The van der Waals surface area contributed by atoms with Gasteiger partial charge in [-0.1, -0.05) is 111 Å². The maximum absolute atomic E-state index is 3.78. The van der Waals surface area contributed by atoms with Gasteiger partial charge in [-0.2, -0.15) is 0 Å². The molecule has 0 radical (unpaired) electrons. The van der Waals surface area contributed by atoms with Crippen LogP contribution in [0.5, 0.6) is 0 Å². The first-order valence-corrected chi connectivity index (χ1v) is 12.8. The van der Waals surface area contributed by atoms with Gasteiger partial charge in [0.25, 0.3) is 0 Å². The van der Waals surface area contributed by atoms with Crippen LogP contribution in [0.3, 0.4) is 0 Å². The fourth-order valence-electron chi connectivity index (χ4n) is 4.52. The molecule has 1 unspecified atom stereocenters. The zero-order valence-corrected chi connectivity index (χ0v) is 23.0. The summed E-state index contributed by atoms with van der Waals surface area (Å²) in [6, 6.07) is 27.0. The second-order valence-corrected chi connectivity index (χ2v) is 13.0. The van der Waals surface area contributed by atoms with E-state index in [1.165, 1.54) is 33.5 Å². The topological polar surface area (TPSA) is 15.3 Å². The highest BCUT2D eigenvalue weighted by Crippen LogP contribution is 2.38. The second kappa shape index (κ2) is 8.90. The van der Waals surface area contributed by atoms with Gasteiger partial charge < -0.3 is 0 Å². The van der Waals surface area contributed by atoms with Crippen LogP contribution in [0.15, 0.2) is 78.9 Å².